The molecule has 2 heterocycles. The van der Waals surface area contributed by atoms with Crippen LogP contribution in [0.2, 0.25) is 0 Å². The zero-order chi connectivity index (χ0) is 24.9. The second-order valence-corrected chi connectivity index (χ2v) is 8.38. The SMILES string of the molecule is CCOc1ccc(N2C(=O)CC(N(CC3CCCO3)C(=O)c3ccc(OC)c(OC)c3)C2=O)cc1. The number of benzene rings is 2. The third-order valence-electron chi connectivity index (χ3n) is 6.22. The quantitative estimate of drug-likeness (QED) is 0.507. The van der Waals surface area contributed by atoms with E-state index in [1.165, 1.54) is 19.1 Å². The number of amides is 3. The van der Waals surface area contributed by atoms with Gasteiger partial charge < -0.3 is 23.8 Å². The fourth-order valence-corrected chi connectivity index (χ4v) is 4.48. The number of methoxy groups -OCH3 is 2. The molecule has 0 saturated carbocycles. The monoisotopic (exact) mass is 482 g/mol. The highest BCUT2D eigenvalue weighted by atomic mass is 16.5. The van der Waals surface area contributed by atoms with E-state index in [0.29, 0.717) is 41.7 Å². The Morgan fingerprint density at radius 1 is 1.09 bits per heavy atom. The van der Waals surface area contributed by atoms with Gasteiger partial charge in [-0.15, -0.1) is 0 Å². The lowest BCUT2D eigenvalue weighted by Crippen LogP contribution is -2.48. The van der Waals surface area contributed by atoms with Crippen molar-refractivity contribution >= 4 is 23.4 Å². The van der Waals surface area contributed by atoms with Crippen molar-refractivity contribution in [2.45, 2.75) is 38.3 Å². The van der Waals surface area contributed by atoms with Crippen LogP contribution < -0.4 is 19.1 Å². The molecular weight excluding hydrogens is 452 g/mol. The molecule has 2 aromatic carbocycles. The third kappa shape index (κ3) is 5.09. The topological polar surface area (TPSA) is 94.6 Å². The molecule has 9 nitrogen and oxygen atoms in total. The van der Waals surface area contributed by atoms with Gasteiger partial charge in [-0.25, -0.2) is 4.90 Å². The van der Waals surface area contributed by atoms with Gasteiger partial charge in [0.05, 0.1) is 39.0 Å². The smallest absolute Gasteiger partial charge is 0.257 e. The van der Waals surface area contributed by atoms with E-state index < -0.39 is 11.9 Å². The molecule has 0 bridgehead atoms. The van der Waals surface area contributed by atoms with Crippen molar-refractivity contribution in [1.29, 1.82) is 0 Å². The maximum Gasteiger partial charge on any atom is 0.257 e. The lowest BCUT2D eigenvalue weighted by molar-refractivity contribution is -0.122. The van der Waals surface area contributed by atoms with Crippen molar-refractivity contribution < 1.29 is 33.3 Å². The first-order valence-corrected chi connectivity index (χ1v) is 11.7. The number of ether oxygens (including phenoxy) is 4. The molecule has 9 heteroatoms. The average molecular weight is 483 g/mol. The Labute approximate surface area is 204 Å². The molecule has 2 fully saturated rings. The Balaban J connectivity index is 1.63. The van der Waals surface area contributed by atoms with Gasteiger partial charge in [-0.1, -0.05) is 0 Å². The van der Waals surface area contributed by atoms with Gasteiger partial charge in [0.2, 0.25) is 5.91 Å². The van der Waals surface area contributed by atoms with Crippen molar-refractivity contribution in [2.75, 3.05) is 38.9 Å². The maximum absolute atomic E-state index is 13.7. The van der Waals surface area contributed by atoms with Gasteiger partial charge in [-0.05, 0) is 62.2 Å². The predicted molar refractivity (Wildman–Crippen MR) is 128 cm³/mol. The molecule has 0 aliphatic carbocycles. The second-order valence-electron chi connectivity index (χ2n) is 8.38. The molecule has 2 aliphatic heterocycles. The molecule has 4 rings (SSSR count). The number of imide groups is 1. The molecule has 2 unspecified atom stereocenters. The summed E-state index contributed by atoms with van der Waals surface area (Å²) in [6.45, 7) is 3.22. The molecule has 3 amide bonds. The minimum absolute atomic E-state index is 0.0994. The Morgan fingerprint density at radius 3 is 2.46 bits per heavy atom. The van der Waals surface area contributed by atoms with Crippen LogP contribution in [0.1, 0.15) is 36.5 Å². The number of anilines is 1. The molecule has 186 valence electrons. The van der Waals surface area contributed by atoms with Crippen molar-refractivity contribution in [2.24, 2.45) is 0 Å². The summed E-state index contributed by atoms with van der Waals surface area (Å²) in [6, 6.07) is 10.7. The number of rotatable bonds is 9. The zero-order valence-electron chi connectivity index (χ0n) is 20.2. The molecular formula is C26H30N2O7. The summed E-state index contributed by atoms with van der Waals surface area (Å²) >= 11 is 0. The van der Waals surface area contributed by atoms with Crippen molar-refractivity contribution in [3.63, 3.8) is 0 Å². The average Bonchev–Trinajstić information content (AvgIpc) is 3.49. The lowest BCUT2D eigenvalue weighted by atomic mass is 10.1. The summed E-state index contributed by atoms with van der Waals surface area (Å²) < 4.78 is 21.8. The fraction of sp³-hybridized carbons (Fsp3) is 0.423. The Morgan fingerprint density at radius 2 is 1.83 bits per heavy atom. The number of hydrogen-bond donors (Lipinski definition) is 0. The number of carbonyl (C=O) groups excluding carboxylic acids is 3. The first-order chi connectivity index (χ1) is 17.0. The van der Waals surface area contributed by atoms with Crippen LogP contribution in [0.5, 0.6) is 17.2 Å². The van der Waals surface area contributed by atoms with Crippen LogP contribution in [-0.2, 0) is 14.3 Å². The highest BCUT2D eigenvalue weighted by Gasteiger charge is 2.45. The number of hydrogen-bond acceptors (Lipinski definition) is 7. The first kappa shape index (κ1) is 24.5. The number of nitrogens with zero attached hydrogens (tertiary/aromatic N) is 2. The van der Waals surface area contributed by atoms with Gasteiger partial charge >= 0.3 is 0 Å². The highest BCUT2D eigenvalue weighted by Crippen LogP contribution is 2.32. The minimum Gasteiger partial charge on any atom is -0.494 e. The van der Waals surface area contributed by atoms with E-state index in [0.717, 1.165) is 17.7 Å². The standard InChI is InChI=1S/C26H30N2O7/c1-4-34-19-10-8-18(9-11-19)28-24(29)15-21(26(28)31)27(16-20-6-5-13-35-20)25(30)17-7-12-22(32-2)23(14-17)33-3/h7-12,14,20-21H,4-6,13,15-16H2,1-3H3. The van der Waals surface area contributed by atoms with Crippen molar-refractivity contribution in [1.82, 2.24) is 4.90 Å². The maximum atomic E-state index is 13.7. The summed E-state index contributed by atoms with van der Waals surface area (Å²) in [6.07, 6.45) is 1.38. The van der Waals surface area contributed by atoms with E-state index in [4.69, 9.17) is 18.9 Å². The molecule has 2 aromatic rings. The van der Waals surface area contributed by atoms with E-state index in [1.807, 2.05) is 6.92 Å². The van der Waals surface area contributed by atoms with E-state index in [1.54, 1.807) is 42.5 Å². The van der Waals surface area contributed by atoms with E-state index >= 15 is 0 Å². The van der Waals surface area contributed by atoms with Gasteiger partial charge in [0.15, 0.2) is 11.5 Å². The molecule has 35 heavy (non-hydrogen) atoms. The van der Waals surface area contributed by atoms with Crippen LogP contribution in [0.3, 0.4) is 0 Å². The molecule has 0 spiro atoms. The van der Waals surface area contributed by atoms with Gasteiger partial charge in [0.1, 0.15) is 11.8 Å². The zero-order valence-corrected chi connectivity index (χ0v) is 20.2. The largest absolute Gasteiger partial charge is 0.494 e. The van der Waals surface area contributed by atoms with Crippen LogP contribution in [0.25, 0.3) is 0 Å². The number of carbonyl (C=O) groups is 3. The highest BCUT2D eigenvalue weighted by molar-refractivity contribution is 6.23. The van der Waals surface area contributed by atoms with Gasteiger partial charge in [0, 0.05) is 18.7 Å². The van der Waals surface area contributed by atoms with Crippen molar-refractivity contribution in [3.05, 3.63) is 48.0 Å². The van der Waals surface area contributed by atoms with E-state index in [9.17, 15) is 14.4 Å². The van der Waals surface area contributed by atoms with Gasteiger partial charge in [0.25, 0.3) is 11.8 Å². The van der Waals surface area contributed by atoms with E-state index in [2.05, 4.69) is 0 Å². The Bertz CT molecular complexity index is 1080. The molecule has 2 atom stereocenters. The molecule has 0 radical (unpaired) electrons. The third-order valence-corrected chi connectivity index (χ3v) is 6.22. The normalized spacial score (nSPS) is 19.7. The summed E-state index contributed by atoms with van der Waals surface area (Å²) in [7, 11) is 3.01. The van der Waals surface area contributed by atoms with Crippen molar-refractivity contribution in [3.8, 4) is 17.2 Å². The molecule has 0 N–H and O–H groups in total. The van der Waals surface area contributed by atoms with E-state index in [-0.39, 0.29) is 30.9 Å². The lowest BCUT2D eigenvalue weighted by Gasteiger charge is -2.30. The summed E-state index contributed by atoms with van der Waals surface area (Å²) in [5, 5.41) is 0. The summed E-state index contributed by atoms with van der Waals surface area (Å²) in [4.78, 5) is 42.7. The predicted octanol–water partition coefficient (Wildman–Crippen LogP) is 3.06. The summed E-state index contributed by atoms with van der Waals surface area (Å²) in [5.41, 5.74) is 0.780. The van der Waals surface area contributed by atoms with Crippen LogP contribution in [-0.4, -0.2) is 68.7 Å². The first-order valence-electron chi connectivity index (χ1n) is 11.7. The fourth-order valence-electron chi connectivity index (χ4n) is 4.48. The Kier molecular flexibility index (Phi) is 7.55. The van der Waals surface area contributed by atoms with Crippen LogP contribution in [0.4, 0.5) is 5.69 Å². The van der Waals surface area contributed by atoms with Crippen LogP contribution in [0.15, 0.2) is 42.5 Å². The Hall–Kier alpha value is -3.59. The van der Waals surface area contributed by atoms with Crippen LogP contribution in [0, 0.1) is 0 Å². The van der Waals surface area contributed by atoms with Gasteiger partial charge in [-0.3, -0.25) is 14.4 Å². The molecule has 2 saturated heterocycles. The molecule has 2 aliphatic rings. The van der Waals surface area contributed by atoms with Gasteiger partial charge in [-0.2, -0.15) is 0 Å². The second kappa shape index (κ2) is 10.8. The molecule has 0 aromatic heterocycles. The minimum atomic E-state index is -0.932. The summed E-state index contributed by atoms with van der Waals surface area (Å²) in [5.74, 6) is 0.369. The van der Waals surface area contributed by atoms with Crippen LogP contribution >= 0.6 is 0 Å².